The van der Waals surface area contributed by atoms with Gasteiger partial charge in [-0.25, -0.2) is 4.79 Å². The summed E-state index contributed by atoms with van der Waals surface area (Å²) in [6, 6.07) is 6.18. The van der Waals surface area contributed by atoms with Crippen molar-refractivity contribution in [2.24, 2.45) is 0 Å². The van der Waals surface area contributed by atoms with E-state index in [1.54, 1.807) is 4.90 Å². The van der Waals surface area contributed by atoms with E-state index in [0.29, 0.717) is 13.1 Å². The second-order valence-electron chi connectivity index (χ2n) is 5.20. The molecule has 0 aliphatic carbocycles. The number of ether oxygens (including phenoxy) is 1. The first-order valence-electron chi connectivity index (χ1n) is 7.65. The number of morpholine rings is 1. The van der Waals surface area contributed by atoms with E-state index >= 15 is 0 Å². The molecular weight excluding hydrogens is 266 g/mol. The van der Waals surface area contributed by atoms with Gasteiger partial charge in [-0.3, -0.25) is 0 Å². The third kappa shape index (κ3) is 3.88. The Hall–Kier alpha value is -1.75. The first-order valence-corrected chi connectivity index (χ1v) is 7.65. The Kier molecular flexibility index (Phi) is 5.44. The Morgan fingerprint density at radius 2 is 1.95 bits per heavy atom. The van der Waals surface area contributed by atoms with E-state index in [1.165, 1.54) is 0 Å². The molecule has 1 N–H and O–H groups in total. The van der Waals surface area contributed by atoms with Crippen LogP contribution in [0.15, 0.2) is 18.2 Å². The number of aryl methyl sites for hydroxylation is 1. The lowest BCUT2D eigenvalue weighted by molar-refractivity contribution is 0.122. The molecule has 0 saturated carbocycles. The van der Waals surface area contributed by atoms with Crippen molar-refractivity contribution in [2.75, 3.05) is 49.6 Å². The number of carbonyl (C=O) groups excluding carboxylic acids is 1. The Balaban J connectivity index is 2.13. The van der Waals surface area contributed by atoms with Crippen molar-refractivity contribution in [1.29, 1.82) is 0 Å². The highest BCUT2D eigenvalue weighted by Gasteiger charge is 2.14. The molecule has 0 atom stereocenters. The molecule has 0 bridgehead atoms. The van der Waals surface area contributed by atoms with Gasteiger partial charge in [-0.05, 0) is 38.5 Å². The fraction of sp³-hybridized carbons (Fsp3) is 0.562. The molecule has 0 aromatic heterocycles. The minimum Gasteiger partial charge on any atom is -0.378 e. The summed E-state index contributed by atoms with van der Waals surface area (Å²) in [7, 11) is 0. The van der Waals surface area contributed by atoms with Gasteiger partial charge >= 0.3 is 6.03 Å². The largest absolute Gasteiger partial charge is 0.378 e. The molecule has 1 fully saturated rings. The van der Waals surface area contributed by atoms with Crippen molar-refractivity contribution >= 4 is 17.4 Å². The molecule has 0 radical (unpaired) electrons. The highest BCUT2D eigenvalue weighted by molar-refractivity contribution is 5.90. The zero-order chi connectivity index (χ0) is 15.2. The topological polar surface area (TPSA) is 44.8 Å². The lowest BCUT2D eigenvalue weighted by Crippen LogP contribution is -2.36. The van der Waals surface area contributed by atoms with Crippen LogP contribution in [0.1, 0.15) is 19.4 Å². The molecule has 1 saturated heterocycles. The first kappa shape index (κ1) is 15.6. The summed E-state index contributed by atoms with van der Waals surface area (Å²) in [6.45, 7) is 10.7. The van der Waals surface area contributed by atoms with E-state index < -0.39 is 0 Å². The van der Waals surface area contributed by atoms with Crippen LogP contribution in [0.25, 0.3) is 0 Å². The van der Waals surface area contributed by atoms with Gasteiger partial charge in [-0.1, -0.05) is 6.07 Å². The van der Waals surface area contributed by atoms with Crippen LogP contribution in [0.2, 0.25) is 0 Å². The van der Waals surface area contributed by atoms with Crippen molar-refractivity contribution in [1.82, 2.24) is 4.90 Å². The molecule has 116 valence electrons. The molecule has 1 aromatic rings. The lowest BCUT2D eigenvalue weighted by Gasteiger charge is -2.29. The Morgan fingerprint density at radius 3 is 2.57 bits per heavy atom. The van der Waals surface area contributed by atoms with Gasteiger partial charge in [0.2, 0.25) is 0 Å². The van der Waals surface area contributed by atoms with Crippen LogP contribution < -0.4 is 10.2 Å². The maximum Gasteiger partial charge on any atom is 0.321 e. The van der Waals surface area contributed by atoms with E-state index in [9.17, 15) is 4.79 Å². The molecule has 1 heterocycles. The van der Waals surface area contributed by atoms with Crippen LogP contribution in [0.3, 0.4) is 0 Å². The van der Waals surface area contributed by atoms with E-state index in [2.05, 4.69) is 28.4 Å². The van der Waals surface area contributed by atoms with E-state index in [4.69, 9.17) is 4.74 Å². The van der Waals surface area contributed by atoms with Gasteiger partial charge in [-0.2, -0.15) is 0 Å². The maximum absolute atomic E-state index is 12.2. The molecule has 1 aliphatic rings. The van der Waals surface area contributed by atoms with Crippen LogP contribution in [0.4, 0.5) is 16.2 Å². The van der Waals surface area contributed by atoms with Crippen molar-refractivity contribution in [2.45, 2.75) is 20.8 Å². The lowest BCUT2D eigenvalue weighted by atomic mass is 10.1. The van der Waals surface area contributed by atoms with Crippen molar-refractivity contribution in [3.63, 3.8) is 0 Å². The number of nitrogens with one attached hydrogen (secondary N) is 1. The molecule has 0 unspecified atom stereocenters. The van der Waals surface area contributed by atoms with E-state index in [0.717, 1.165) is 43.2 Å². The first-order chi connectivity index (χ1) is 10.2. The highest BCUT2D eigenvalue weighted by atomic mass is 16.5. The minimum absolute atomic E-state index is 0.0396. The molecule has 1 aliphatic heterocycles. The predicted octanol–water partition coefficient (Wildman–Crippen LogP) is 2.71. The summed E-state index contributed by atoms with van der Waals surface area (Å²) in [6.07, 6.45) is 0. The van der Waals surface area contributed by atoms with Crippen LogP contribution in [-0.2, 0) is 4.74 Å². The number of benzene rings is 1. The average molecular weight is 291 g/mol. The molecule has 1 aromatic carbocycles. The monoisotopic (exact) mass is 291 g/mol. The Labute approximate surface area is 126 Å². The van der Waals surface area contributed by atoms with Gasteiger partial charge in [0.25, 0.3) is 0 Å². The summed E-state index contributed by atoms with van der Waals surface area (Å²) in [4.78, 5) is 16.3. The number of hydrogen-bond acceptors (Lipinski definition) is 3. The number of anilines is 2. The minimum atomic E-state index is -0.0396. The normalized spacial score (nSPS) is 14.9. The van der Waals surface area contributed by atoms with Crippen molar-refractivity contribution in [3.05, 3.63) is 23.8 Å². The van der Waals surface area contributed by atoms with Crippen LogP contribution in [-0.4, -0.2) is 50.3 Å². The predicted molar refractivity (Wildman–Crippen MR) is 86.2 cm³/mol. The third-order valence-corrected chi connectivity index (χ3v) is 3.89. The van der Waals surface area contributed by atoms with Crippen molar-refractivity contribution < 1.29 is 9.53 Å². The second-order valence-corrected chi connectivity index (χ2v) is 5.20. The molecule has 21 heavy (non-hydrogen) atoms. The van der Waals surface area contributed by atoms with Gasteiger partial charge in [0.15, 0.2) is 0 Å². The number of amides is 2. The van der Waals surface area contributed by atoms with Gasteiger partial charge in [0, 0.05) is 37.6 Å². The molecule has 2 amide bonds. The number of carbonyl (C=O) groups is 1. The Bertz CT molecular complexity index is 480. The fourth-order valence-corrected chi connectivity index (χ4v) is 2.47. The molecule has 2 rings (SSSR count). The highest BCUT2D eigenvalue weighted by Crippen LogP contribution is 2.24. The number of hydrogen-bond donors (Lipinski definition) is 1. The van der Waals surface area contributed by atoms with Crippen LogP contribution in [0.5, 0.6) is 0 Å². The summed E-state index contributed by atoms with van der Waals surface area (Å²) in [5.41, 5.74) is 3.10. The van der Waals surface area contributed by atoms with Gasteiger partial charge in [-0.15, -0.1) is 0 Å². The van der Waals surface area contributed by atoms with Gasteiger partial charge in [0.05, 0.1) is 13.2 Å². The summed E-state index contributed by atoms with van der Waals surface area (Å²) >= 11 is 0. The standard InChI is InChI=1S/C16H25N3O2/c1-4-18(5-2)16(20)17-15-12-14(7-6-13(15)3)19-8-10-21-11-9-19/h6-7,12H,4-5,8-11H2,1-3H3,(H,17,20). The number of urea groups is 1. The smallest absolute Gasteiger partial charge is 0.321 e. The van der Waals surface area contributed by atoms with Gasteiger partial charge in [0.1, 0.15) is 0 Å². The zero-order valence-electron chi connectivity index (χ0n) is 13.2. The van der Waals surface area contributed by atoms with Crippen LogP contribution >= 0.6 is 0 Å². The molecule has 5 heteroatoms. The van der Waals surface area contributed by atoms with Crippen molar-refractivity contribution in [3.8, 4) is 0 Å². The summed E-state index contributed by atoms with van der Waals surface area (Å²) < 4.78 is 5.38. The van der Waals surface area contributed by atoms with Gasteiger partial charge < -0.3 is 19.9 Å². The third-order valence-electron chi connectivity index (χ3n) is 3.89. The fourth-order valence-electron chi connectivity index (χ4n) is 2.47. The van der Waals surface area contributed by atoms with E-state index in [1.807, 2.05) is 20.8 Å². The number of nitrogens with zero attached hydrogens (tertiary/aromatic N) is 2. The quantitative estimate of drug-likeness (QED) is 0.927. The van der Waals surface area contributed by atoms with Crippen LogP contribution in [0, 0.1) is 6.92 Å². The summed E-state index contributed by atoms with van der Waals surface area (Å²) in [5.74, 6) is 0. The average Bonchev–Trinajstić information content (AvgIpc) is 2.51. The molecule has 0 spiro atoms. The molecule has 5 nitrogen and oxygen atoms in total. The molecular formula is C16H25N3O2. The van der Waals surface area contributed by atoms with E-state index in [-0.39, 0.29) is 6.03 Å². The second kappa shape index (κ2) is 7.31. The number of rotatable bonds is 4. The Morgan fingerprint density at radius 1 is 1.29 bits per heavy atom. The summed E-state index contributed by atoms with van der Waals surface area (Å²) in [5, 5.41) is 3.02. The maximum atomic E-state index is 12.2. The SMILES string of the molecule is CCN(CC)C(=O)Nc1cc(N2CCOCC2)ccc1C. The zero-order valence-corrected chi connectivity index (χ0v) is 13.2.